The van der Waals surface area contributed by atoms with E-state index < -0.39 is 0 Å². The topological polar surface area (TPSA) is 68.5 Å². The lowest BCUT2D eigenvalue weighted by molar-refractivity contribution is 0.837. The van der Waals surface area contributed by atoms with Gasteiger partial charge in [0, 0.05) is 12.6 Å². The zero-order valence-electron chi connectivity index (χ0n) is 10.1. The summed E-state index contributed by atoms with van der Waals surface area (Å²) in [5, 5.41) is 7.28. The first-order valence-electron chi connectivity index (χ1n) is 5.87. The summed E-state index contributed by atoms with van der Waals surface area (Å²) >= 11 is 0. The highest BCUT2D eigenvalue weighted by Crippen LogP contribution is 2.09. The molecule has 0 unspecified atom stereocenters. The summed E-state index contributed by atoms with van der Waals surface area (Å²) in [7, 11) is 0. The Kier molecular flexibility index (Phi) is 3.14. The minimum Gasteiger partial charge on any atom is -0.366 e. The second kappa shape index (κ2) is 5.26. The van der Waals surface area contributed by atoms with Crippen molar-refractivity contribution in [2.45, 2.75) is 6.54 Å². The molecular formula is C13H12N6. The van der Waals surface area contributed by atoms with Crippen molar-refractivity contribution in [3.8, 4) is 5.82 Å². The highest BCUT2D eigenvalue weighted by Gasteiger charge is 2.01. The van der Waals surface area contributed by atoms with Crippen LogP contribution in [0, 0.1) is 0 Å². The molecule has 6 heteroatoms. The van der Waals surface area contributed by atoms with Gasteiger partial charge in [0.1, 0.15) is 24.8 Å². The van der Waals surface area contributed by atoms with Crippen molar-refractivity contribution < 1.29 is 0 Å². The number of rotatable bonds is 4. The fourth-order valence-electron chi connectivity index (χ4n) is 1.68. The molecule has 0 saturated heterocycles. The summed E-state index contributed by atoms with van der Waals surface area (Å²) in [6.45, 7) is 0.717. The van der Waals surface area contributed by atoms with Crippen LogP contribution in [0.5, 0.6) is 0 Å². The fraction of sp³-hybridized carbons (Fsp3) is 0.0769. The van der Waals surface area contributed by atoms with E-state index in [0.717, 1.165) is 5.82 Å². The Bertz CT molecular complexity index is 635. The molecule has 2 heterocycles. The van der Waals surface area contributed by atoms with E-state index in [0.29, 0.717) is 12.4 Å². The van der Waals surface area contributed by atoms with E-state index in [1.807, 2.05) is 24.3 Å². The number of nitrogens with zero attached hydrogens (tertiary/aromatic N) is 5. The number of benzene rings is 1. The number of nitrogens with one attached hydrogen (secondary N) is 1. The molecule has 0 amide bonds. The smallest absolute Gasteiger partial charge is 0.160 e. The van der Waals surface area contributed by atoms with Gasteiger partial charge in [-0.2, -0.15) is 5.10 Å². The van der Waals surface area contributed by atoms with Crippen molar-refractivity contribution in [1.82, 2.24) is 24.7 Å². The van der Waals surface area contributed by atoms with Crippen LogP contribution in [0.25, 0.3) is 5.82 Å². The van der Waals surface area contributed by atoms with E-state index in [2.05, 4.69) is 37.5 Å². The summed E-state index contributed by atoms with van der Waals surface area (Å²) in [5.41, 5.74) is 1.20. The number of aromatic nitrogens is 5. The first-order chi connectivity index (χ1) is 9.42. The van der Waals surface area contributed by atoms with E-state index in [4.69, 9.17) is 0 Å². The van der Waals surface area contributed by atoms with Crippen molar-refractivity contribution in [2.75, 3.05) is 5.32 Å². The average Bonchev–Trinajstić information content (AvgIpc) is 3.01. The molecule has 0 aliphatic rings. The minimum absolute atomic E-state index is 0.683. The monoisotopic (exact) mass is 252 g/mol. The van der Waals surface area contributed by atoms with Crippen LogP contribution < -0.4 is 5.32 Å². The molecule has 0 aliphatic carbocycles. The lowest BCUT2D eigenvalue weighted by Crippen LogP contribution is -2.04. The first-order valence-corrected chi connectivity index (χ1v) is 5.87. The molecule has 3 aromatic rings. The molecule has 2 aromatic heterocycles. The first kappa shape index (κ1) is 11.3. The van der Waals surface area contributed by atoms with E-state index in [1.165, 1.54) is 18.2 Å². The molecule has 6 nitrogen and oxygen atoms in total. The maximum atomic E-state index is 4.18. The number of hydrogen-bond acceptors (Lipinski definition) is 5. The third kappa shape index (κ3) is 2.74. The van der Waals surface area contributed by atoms with Gasteiger partial charge in [-0.3, -0.25) is 0 Å². The molecule has 3 rings (SSSR count). The molecule has 0 radical (unpaired) electrons. The zero-order valence-corrected chi connectivity index (χ0v) is 10.1. The molecular weight excluding hydrogens is 240 g/mol. The number of anilines is 1. The Morgan fingerprint density at radius 2 is 1.95 bits per heavy atom. The van der Waals surface area contributed by atoms with Gasteiger partial charge in [0.05, 0.1) is 0 Å². The molecule has 1 aromatic carbocycles. The van der Waals surface area contributed by atoms with Gasteiger partial charge in [-0.25, -0.2) is 19.6 Å². The molecule has 0 saturated carbocycles. The molecule has 0 fully saturated rings. The van der Waals surface area contributed by atoms with Crippen molar-refractivity contribution in [3.05, 3.63) is 60.9 Å². The van der Waals surface area contributed by atoms with Gasteiger partial charge >= 0.3 is 0 Å². The van der Waals surface area contributed by atoms with Crippen LogP contribution in [-0.2, 0) is 6.54 Å². The van der Waals surface area contributed by atoms with Crippen LogP contribution in [0.2, 0.25) is 0 Å². The van der Waals surface area contributed by atoms with Gasteiger partial charge < -0.3 is 5.32 Å². The Labute approximate surface area is 110 Å². The molecule has 94 valence electrons. The fourth-order valence-corrected chi connectivity index (χ4v) is 1.68. The van der Waals surface area contributed by atoms with Crippen LogP contribution in [0.15, 0.2) is 55.4 Å². The predicted molar refractivity (Wildman–Crippen MR) is 70.7 cm³/mol. The Morgan fingerprint density at radius 1 is 1.05 bits per heavy atom. The van der Waals surface area contributed by atoms with Crippen LogP contribution in [0.3, 0.4) is 0 Å². The second-order valence-corrected chi connectivity index (χ2v) is 3.94. The van der Waals surface area contributed by atoms with Gasteiger partial charge in [-0.15, -0.1) is 0 Å². The van der Waals surface area contributed by atoms with Gasteiger partial charge in [0.2, 0.25) is 0 Å². The zero-order chi connectivity index (χ0) is 12.9. The summed E-state index contributed by atoms with van der Waals surface area (Å²) in [6.07, 6.45) is 4.58. The summed E-state index contributed by atoms with van der Waals surface area (Å²) in [4.78, 5) is 12.2. The van der Waals surface area contributed by atoms with Crippen molar-refractivity contribution in [1.29, 1.82) is 0 Å². The molecule has 1 N–H and O–H groups in total. The Hall–Kier alpha value is -2.76. The van der Waals surface area contributed by atoms with Crippen LogP contribution >= 0.6 is 0 Å². The van der Waals surface area contributed by atoms with Crippen LogP contribution in [0.4, 0.5) is 5.82 Å². The standard InChI is InChI=1S/C13H12N6/c1-2-4-11(5-3-1)7-15-12-6-13(17-9-16-12)19-10-14-8-18-19/h1-6,8-10H,7H2,(H,15,16,17). The largest absolute Gasteiger partial charge is 0.366 e. The van der Waals surface area contributed by atoms with Gasteiger partial charge in [0.15, 0.2) is 5.82 Å². The number of hydrogen-bond donors (Lipinski definition) is 1. The van der Waals surface area contributed by atoms with Crippen molar-refractivity contribution in [2.24, 2.45) is 0 Å². The lowest BCUT2D eigenvalue weighted by atomic mass is 10.2. The highest BCUT2D eigenvalue weighted by molar-refractivity contribution is 5.40. The summed E-state index contributed by atoms with van der Waals surface area (Å²) in [6, 6.07) is 12.0. The second-order valence-electron chi connectivity index (χ2n) is 3.94. The molecule has 0 spiro atoms. The predicted octanol–water partition coefficient (Wildman–Crippen LogP) is 1.67. The van der Waals surface area contributed by atoms with E-state index in [9.17, 15) is 0 Å². The molecule has 19 heavy (non-hydrogen) atoms. The van der Waals surface area contributed by atoms with Crippen LogP contribution in [0.1, 0.15) is 5.56 Å². The minimum atomic E-state index is 0.683. The Balaban J connectivity index is 1.74. The molecule has 0 aliphatic heterocycles. The SMILES string of the molecule is c1ccc(CNc2cc(-n3cncn3)ncn2)cc1. The van der Waals surface area contributed by atoms with Gasteiger partial charge in [-0.1, -0.05) is 30.3 Å². The maximum absolute atomic E-state index is 4.18. The Morgan fingerprint density at radius 3 is 2.74 bits per heavy atom. The molecule has 0 bridgehead atoms. The quantitative estimate of drug-likeness (QED) is 0.765. The summed E-state index contributed by atoms with van der Waals surface area (Å²) < 4.78 is 1.59. The van der Waals surface area contributed by atoms with Gasteiger partial charge in [-0.05, 0) is 5.56 Å². The van der Waals surface area contributed by atoms with E-state index in [1.54, 1.807) is 11.0 Å². The van der Waals surface area contributed by atoms with Crippen molar-refractivity contribution in [3.63, 3.8) is 0 Å². The van der Waals surface area contributed by atoms with Crippen molar-refractivity contribution >= 4 is 5.82 Å². The third-order valence-corrected chi connectivity index (χ3v) is 2.62. The van der Waals surface area contributed by atoms with E-state index >= 15 is 0 Å². The normalized spacial score (nSPS) is 10.3. The highest BCUT2D eigenvalue weighted by atomic mass is 15.3. The average molecular weight is 252 g/mol. The molecule has 0 atom stereocenters. The summed E-state index contributed by atoms with van der Waals surface area (Å²) in [5.74, 6) is 1.44. The maximum Gasteiger partial charge on any atom is 0.160 e. The van der Waals surface area contributed by atoms with Crippen LogP contribution in [-0.4, -0.2) is 24.7 Å². The van der Waals surface area contributed by atoms with E-state index in [-0.39, 0.29) is 0 Å². The lowest BCUT2D eigenvalue weighted by Gasteiger charge is -2.06. The van der Waals surface area contributed by atoms with Gasteiger partial charge in [0.25, 0.3) is 0 Å². The third-order valence-electron chi connectivity index (χ3n) is 2.62.